The Morgan fingerprint density at radius 1 is 1.41 bits per heavy atom. The first-order valence-electron chi connectivity index (χ1n) is 6.16. The van der Waals surface area contributed by atoms with Crippen LogP contribution in [0.2, 0.25) is 0 Å². The van der Waals surface area contributed by atoms with Crippen LogP contribution in [-0.2, 0) is 0 Å². The average molecular weight is 229 g/mol. The molecular formula is C14H19N3. The Balaban J connectivity index is 2.02. The molecule has 1 aliphatic rings. The molecule has 17 heavy (non-hydrogen) atoms. The normalized spacial score (nSPS) is 17.6. The topological polar surface area (TPSA) is 61.8 Å². The molecule has 0 aliphatic heterocycles. The lowest BCUT2D eigenvalue weighted by molar-refractivity contribution is 0.362. The van der Waals surface area contributed by atoms with Gasteiger partial charge in [0, 0.05) is 6.54 Å². The molecule has 0 unspecified atom stereocenters. The van der Waals surface area contributed by atoms with Crippen molar-refractivity contribution in [1.29, 1.82) is 5.26 Å². The Morgan fingerprint density at radius 2 is 2.12 bits per heavy atom. The van der Waals surface area contributed by atoms with Crippen LogP contribution in [0, 0.1) is 16.7 Å². The zero-order valence-corrected chi connectivity index (χ0v) is 10.3. The molecule has 1 fully saturated rings. The van der Waals surface area contributed by atoms with E-state index in [-0.39, 0.29) is 0 Å². The molecule has 1 aromatic carbocycles. The van der Waals surface area contributed by atoms with E-state index in [1.807, 2.05) is 6.07 Å². The molecule has 1 aromatic rings. The van der Waals surface area contributed by atoms with Gasteiger partial charge in [-0.25, -0.2) is 0 Å². The Morgan fingerprint density at radius 3 is 2.71 bits per heavy atom. The minimum absolute atomic E-state index is 0.403. The van der Waals surface area contributed by atoms with Crippen LogP contribution in [0.5, 0.6) is 0 Å². The fraction of sp³-hybridized carbons (Fsp3) is 0.500. The fourth-order valence-electron chi connectivity index (χ4n) is 2.51. The molecule has 0 amide bonds. The van der Waals surface area contributed by atoms with Gasteiger partial charge >= 0.3 is 0 Å². The van der Waals surface area contributed by atoms with Crippen LogP contribution >= 0.6 is 0 Å². The predicted octanol–water partition coefficient (Wildman–Crippen LogP) is 3.13. The maximum Gasteiger partial charge on any atom is 0.0992 e. The summed E-state index contributed by atoms with van der Waals surface area (Å²) >= 11 is 0. The van der Waals surface area contributed by atoms with Gasteiger partial charge in [-0.05, 0) is 36.5 Å². The van der Waals surface area contributed by atoms with Crippen molar-refractivity contribution in [3.63, 3.8) is 0 Å². The maximum atomic E-state index is 8.77. The summed E-state index contributed by atoms with van der Waals surface area (Å²) < 4.78 is 0. The quantitative estimate of drug-likeness (QED) is 0.783. The zero-order valence-electron chi connectivity index (χ0n) is 10.3. The summed E-state index contributed by atoms with van der Waals surface area (Å²) in [5.41, 5.74) is 8.53. The molecule has 3 heteroatoms. The summed E-state index contributed by atoms with van der Waals surface area (Å²) in [5, 5.41) is 12.2. The molecule has 1 aliphatic carbocycles. The molecule has 3 nitrogen and oxygen atoms in total. The first-order chi connectivity index (χ1) is 8.13. The summed E-state index contributed by atoms with van der Waals surface area (Å²) in [6.07, 6.45) is 5.24. The highest BCUT2D eigenvalue weighted by Crippen LogP contribution is 2.37. The van der Waals surface area contributed by atoms with E-state index in [1.165, 1.54) is 25.7 Å². The van der Waals surface area contributed by atoms with Gasteiger partial charge in [0.05, 0.1) is 23.0 Å². The van der Waals surface area contributed by atoms with Crippen LogP contribution in [0.3, 0.4) is 0 Å². The molecule has 0 aromatic heterocycles. The maximum absolute atomic E-state index is 8.77. The smallest absolute Gasteiger partial charge is 0.0992 e. The number of hydrogen-bond donors (Lipinski definition) is 2. The van der Waals surface area contributed by atoms with Gasteiger partial charge in [-0.3, -0.25) is 0 Å². The van der Waals surface area contributed by atoms with E-state index < -0.39 is 0 Å². The molecule has 0 saturated heterocycles. The summed E-state index contributed by atoms with van der Waals surface area (Å²) in [6, 6.07) is 7.51. The molecule has 0 heterocycles. The highest BCUT2D eigenvalue weighted by atomic mass is 14.9. The standard InChI is InChI=1S/C14H19N3/c1-14(6-2-3-7-14)10-17-13-5-4-11(9-15)8-12(13)16/h4-5,8,17H,2-3,6-7,10,16H2,1H3. The van der Waals surface area contributed by atoms with E-state index in [2.05, 4.69) is 18.3 Å². The highest BCUT2D eigenvalue weighted by Gasteiger charge is 2.28. The number of nitrogens with one attached hydrogen (secondary N) is 1. The molecule has 1 saturated carbocycles. The molecule has 2 rings (SSSR count). The lowest BCUT2D eigenvalue weighted by atomic mass is 9.89. The van der Waals surface area contributed by atoms with Crippen molar-refractivity contribution >= 4 is 11.4 Å². The molecule has 0 atom stereocenters. The lowest BCUT2D eigenvalue weighted by Gasteiger charge is -2.24. The van der Waals surface area contributed by atoms with E-state index in [4.69, 9.17) is 11.0 Å². The summed E-state index contributed by atoms with van der Waals surface area (Å²) in [5.74, 6) is 0. The minimum Gasteiger partial charge on any atom is -0.397 e. The second-order valence-electron chi connectivity index (χ2n) is 5.29. The zero-order chi connectivity index (χ0) is 12.3. The van der Waals surface area contributed by atoms with Gasteiger partial charge in [-0.1, -0.05) is 19.8 Å². The summed E-state index contributed by atoms with van der Waals surface area (Å²) in [4.78, 5) is 0. The second kappa shape index (κ2) is 4.67. The van der Waals surface area contributed by atoms with E-state index in [0.29, 0.717) is 16.7 Å². The minimum atomic E-state index is 0.403. The van der Waals surface area contributed by atoms with Gasteiger partial charge in [0.2, 0.25) is 0 Å². The van der Waals surface area contributed by atoms with E-state index in [1.54, 1.807) is 12.1 Å². The Hall–Kier alpha value is -1.69. The molecule has 3 N–H and O–H groups in total. The lowest BCUT2D eigenvalue weighted by Crippen LogP contribution is -2.23. The van der Waals surface area contributed by atoms with Gasteiger partial charge < -0.3 is 11.1 Å². The number of nitriles is 1. The average Bonchev–Trinajstić information content (AvgIpc) is 2.75. The van der Waals surface area contributed by atoms with Crippen molar-refractivity contribution in [2.45, 2.75) is 32.6 Å². The number of benzene rings is 1. The second-order valence-corrected chi connectivity index (χ2v) is 5.29. The Labute approximate surface area is 103 Å². The molecule has 0 radical (unpaired) electrons. The van der Waals surface area contributed by atoms with Gasteiger partial charge in [-0.15, -0.1) is 0 Å². The van der Waals surface area contributed by atoms with Crippen LogP contribution in [0.15, 0.2) is 18.2 Å². The largest absolute Gasteiger partial charge is 0.397 e. The van der Waals surface area contributed by atoms with Crippen molar-refractivity contribution in [3.8, 4) is 6.07 Å². The van der Waals surface area contributed by atoms with Crippen molar-refractivity contribution in [3.05, 3.63) is 23.8 Å². The Bertz CT molecular complexity index is 439. The Kier molecular flexibility index (Phi) is 3.23. The van der Waals surface area contributed by atoms with Crippen molar-refractivity contribution < 1.29 is 0 Å². The summed E-state index contributed by atoms with van der Waals surface area (Å²) in [6.45, 7) is 3.29. The molecule has 90 valence electrons. The van der Waals surface area contributed by atoms with Gasteiger partial charge in [0.1, 0.15) is 0 Å². The van der Waals surface area contributed by atoms with E-state index in [9.17, 15) is 0 Å². The first kappa shape index (κ1) is 11.8. The number of nitrogen functional groups attached to an aromatic ring is 1. The van der Waals surface area contributed by atoms with Gasteiger partial charge in [0.25, 0.3) is 0 Å². The van der Waals surface area contributed by atoms with Crippen LogP contribution in [0.25, 0.3) is 0 Å². The van der Waals surface area contributed by atoms with Crippen LogP contribution in [0.1, 0.15) is 38.2 Å². The van der Waals surface area contributed by atoms with Crippen LogP contribution in [0.4, 0.5) is 11.4 Å². The predicted molar refractivity (Wildman–Crippen MR) is 70.6 cm³/mol. The van der Waals surface area contributed by atoms with Gasteiger partial charge in [-0.2, -0.15) is 5.26 Å². The van der Waals surface area contributed by atoms with Crippen LogP contribution < -0.4 is 11.1 Å². The number of rotatable bonds is 3. The number of hydrogen-bond acceptors (Lipinski definition) is 3. The third-order valence-corrected chi connectivity index (χ3v) is 3.70. The van der Waals surface area contributed by atoms with E-state index in [0.717, 1.165) is 12.2 Å². The van der Waals surface area contributed by atoms with E-state index >= 15 is 0 Å². The molecule has 0 spiro atoms. The third kappa shape index (κ3) is 2.71. The van der Waals surface area contributed by atoms with Crippen molar-refractivity contribution in [1.82, 2.24) is 0 Å². The molecular weight excluding hydrogens is 210 g/mol. The SMILES string of the molecule is CC1(CNc2ccc(C#N)cc2N)CCCC1. The molecule has 0 bridgehead atoms. The van der Waals surface area contributed by atoms with Crippen molar-refractivity contribution in [2.24, 2.45) is 5.41 Å². The highest BCUT2D eigenvalue weighted by molar-refractivity contribution is 5.68. The fourth-order valence-corrected chi connectivity index (χ4v) is 2.51. The van der Waals surface area contributed by atoms with Gasteiger partial charge in [0.15, 0.2) is 0 Å². The van der Waals surface area contributed by atoms with Crippen molar-refractivity contribution in [2.75, 3.05) is 17.6 Å². The summed E-state index contributed by atoms with van der Waals surface area (Å²) in [7, 11) is 0. The number of nitrogens with zero attached hydrogens (tertiary/aromatic N) is 1. The first-order valence-corrected chi connectivity index (χ1v) is 6.16. The number of nitrogens with two attached hydrogens (primary N) is 1. The number of anilines is 2. The monoisotopic (exact) mass is 229 g/mol. The van der Waals surface area contributed by atoms with Crippen LogP contribution in [-0.4, -0.2) is 6.54 Å². The third-order valence-electron chi connectivity index (χ3n) is 3.70.